The normalized spacial score (nSPS) is 33.9. The van der Waals surface area contributed by atoms with E-state index in [1.54, 1.807) is 4.90 Å². The molecule has 1 aromatic rings. The van der Waals surface area contributed by atoms with Crippen LogP contribution in [0.3, 0.4) is 0 Å². The van der Waals surface area contributed by atoms with E-state index < -0.39 is 11.9 Å². The maximum atomic E-state index is 14.4. The summed E-state index contributed by atoms with van der Waals surface area (Å²) in [4.78, 5) is 44.0. The average molecular weight is 479 g/mol. The Morgan fingerprint density at radius 1 is 1.00 bits per heavy atom. The SMILES string of the molecule is O=C1CC(N(CCC2=CCCCC2)C(=O)C23CC4CC(CC(C4)C2)C3)C(=O)N1c1ccc(F)cc1. The predicted molar refractivity (Wildman–Crippen MR) is 131 cm³/mol. The zero-order valence-corrected chi connectivity index (χ0v) is 20.4. The molecular formula is C29H35FN2O3. The maximum Gasteiger partial charge on any atom is 0.257 e. The third-order valence-corrected chi connectivity index (χ3v) is 9.40. The molecule has 5 nitrogen and oxygen atoms in total. The lowest BCUT2D eigenvalue weighted by Crippen LogP contribution is -2.57. The van der Waals surface area contributed by atoms with E-state index >= 15 is 0 Å². The van der Waals surface area contributed by atoms with Gasteiger partial charge >= 0.3 is 0 Å². The van der Waals surface area contributed by atoms with Gasteiger partial charge in [-0.1, -0.05) is 11.6 Å². The first-order chi connectivity index (χ1) is 16.9. The molecule has 7 rings (SSSR count). The fraction of sp³-hybridized carbons (Fsp3) is 0.621. The fourth-order valence-electron chi connectivity index (χ4n) is 8.19. The van der Waals surface area contributed by atoms with Crippen molar-refractivity contribution in [3.8, 4) is 0 Å². The molecule has 6 heteroatoms. The number of amides is 3. The van der Waals surface area contributed by atoms with Crippen LogP contribution in [0.1, 0.15) is 77.0 Å². The van der Waals surface area contributed by atoms with Gasteiger partial charge in [0.05, 0.1) is 17.5 Å². The van der Waals surface area contributed by atoms with E-state index in [1.165, 1.54) is 61.9 Å². The van der Waals surface area contributed by atoms with Gasteiger partial charge in [0.25, 0.3) is 5.91 Å². The van der Waals surface area contributed by atoms with E-state index in [9.17, 15) is 18.8 Å². The molecule has 3 amide bonds. The first kappa shape index (κ1) is 22.9. The molecule has 5 aliphatic carbocycles. The molecule has 0 N–H and O–H groups in total. The molecule has 1 atom stereocenters. The van der Waals surface area contributed by atoms with Gasteiger partial charge in [-0.25, -0.2) is 9.29 Å². The van der Waals surface area contributed by atoms with E-state index in [-0.39, 0.29) is 29.6 Å². The average Bonchev–Trinajstić information content (AvgIpc) is 3.13. The summed E-state index contributed by atoms with van der Waals surface area (Å²) >= 11 is 0. The maximum absolute atomic E-state index is 14.4. The lowest BCUT2D eigenvalue weighted by atomic mass is 9.49. The van der Waals surface area contributed by atoms with Crippen LogP contribution in [0.5, 0.6) is 0 Å². The van der Waals surface area contributed by atoms with Gasteiger partial charge < -0.3 is 4.90 Å². The highest BCUT2D eigenvalue weighted by Gasteiger charge is 2.57. The summed E-state index contributed by atoms with van der Waals surface area (Å²) in [5.41, 5.74) is 1.38. The number of carbonyl (C=O) groups is 3. The molecule has 35 heavy (non-hydrogen) atoms. The molecule has 186 valence electrons. The molecule has 6 aliphatic rings. The Balaban J connectivity index is 1.29. The molecular weight excluding hydrogens is 443 g/mol. The number of carbonyl (C=O) groups excluding carboxylic acids is 3. The smallest absolute Gasteiger partial charge is 0.257 e. The monoisotopic (exact) mass is 478 g/mol. The van der Waals surface area contributed by atoms with Crippen LogP contribution in [0.15, 0.2) is 35.9 Å². The largest absolute Gasteiger partial charge is 0.329 e. The van der Waals surface area contributed by atoms with E-state index in [4.69, 9.17) is 0 Å². The molecule has 5 fully saturated rings. The minimum Gasteiger partial charge on any atom is -0.329 e. The second-order valence-electron chi connectivity index (χ2n) is 11.8. The van der Waals surface area contributed by atoms with Crippen molar-refractivity contribution in [1.29, 1.82) is 0 Å². The molecule has 1 unspecified atom stereocenters. The van der Waals surface area contributed by atoms with Crippen molar-refractivity contribution in [3.05, 3.63) is 41.7 Å². The lowest BCUT2D eigenvalue weighted by molar-refractivity contribution is -0.161. The second-order valence-corrected chi connectivity index (χ2v) is 11.8. The van der Waals surface area contributed by atoms with Crippen molar-refractivity contribution >= 4 is 23.4 Å². The summed E-state index contributed by atoms with van der Waals surface area (Å²) in [6.45, 7) is 0.493. The third-order valence-electron chi connectivity index (χ3n) is 9.40. The Hall–Kier alpha value is -2.50. The fourth-order valence-corrected chi connectivity index (χ4v) is 8.19. The quantitative estimate of drug-likeness (QED) is 0.407. The number of benzene rings is 1. The van der Waals surface area contributed by atoms with Crippen molar-refractivity contribution in [2.24, 2.45) is 23.2 Å². The number of halogens is 1. The highest BCUT2D eigenvalue weighted by molar-refractivity contribution is 6.23. The predicted octanol–water partition coefficient (Wildman–Crippen LogP) is 5.39. The van der Waals surface area contributed by atoms with Gasteiger partial charge in [0.1, 0.15) is 11.9 Å². The van der Waals surface area contributed by atoms with Crippen LogP contribution in [0, 0.1) is 29.0 Å². The van der Waals surface area contributed by atoms with Crippen LogP contribution in [-0.2, 0) is 14.4 Å². The molecule has 0 spiro atoms. The van der Waals surface area contributed by atoms with Crippen LogP contribution in [0.2, 0.25) is 0 Å². The summed E-state index contributed by atoms with van der Waals surface area (Å²) in [5, 5.41) is 0. The topological polar surface area (TPSA) is 57.7 Å². The highest BCUT2D eigenvalue weighted by Crippen LogP contribution is 2.60. The molecule has 0 radical (unpaired) electrons. The van der Waals surface area contributed by atoms with Gasteiger partial charge in [-0.05, 0) is 113 Å². The molecule has 4 bridgehead atoms. The number of nitrogens with zero attached hydrogens (tertiary/aromatic N) is 2. The van der Waals surface area contributed by atoms with E-state index in [1.807, 2.05) is 0 Å². The number of imide groups is 1. The first-order valence-corrected chi connectivity index (χ1v) is 13.5. The van der Waals surface area contributed by atoms with Gasteiger partial charge in [0.15, 0.2) is 0 Å². The summed E-state index contributed by atoms with van der Waals surface area (Å²) in [6.07, 6.45) is 14.2. The van der Waals surface area contributed by atoms with Crippen molar-refractivity contribution in [1.82, 2.24) is 4.90 Å². The molecule has 1 heterocycles. The number of anilines is 1. The molecule has 0 aromatic heterocycles. The molecule has 4 saturated carbocycles. The van der Waals surface area contributed by atoms with Gasteiger partial charge in [-0.2, -0.15) is 0 Å². The zero-order chi connectivity index (χ0) is 24.2. The van der Waals surface area contributed by atoms with Crippen LogP contribution >= 0.6 is 0 Å². The standard InChI is InChI=1S/C29H35FN2O3/c30-23-6-8-24(9-7-23)32-26(33)15-25(27(32)34)31(11-10-19-4-2-1-3-5-19)28(35)29-16-20-12-21(17-29)14-22(13-20)18-29/h4,6-9,20-22,25H,1-3,5,10-18H2. The van der Waals surface area contributed by atoms with Crippen molar-refractivity contribution < 1.29 is 18.8 Å². The Morgan fingerprint density at radius 3 is 2.26 bits per heavy atom. The minimum absolute atomic E-state index is 0.00730. The van der Waals surface area contributed by atoms with E-state index in [0.29, 0.717) is 30.0 Å². The summed E-state index contributed by atoms with van der Waals surface area (Å²) < 4.78 is 13.5. The van der Waals surface area contributed by atoms with Gasteiger partial charge in [0.2, 0.25) is 11.8 Å². The Bertz CT molecular complexity index is 1030. The zero-order valence-electron chi connectivity index (χ0n) is 20.4. The Kier molecular flexibility index (Phi) is 5.81. The van der Waals surface area contributed by atoms with Crippen molar-refractivity contribution in [3.63, 3.8) is 0 Å². The minimum atomic E-state index is -0.766. The van der Waals surface area contributed by atoms with Crippen LogP contribution in [0.4, 0.5) is 10.1 Å². The lowest BCUT2D eigenvalue weighted by Gasteiger charge is -2.57. The summed E-state index contributed by atoms with van der Waals surface area (Å²) in [7, 11) is 0. The summed E-state index contributed by atoms with van der Waals surface area (Å²) in [6, 6.07) is 4.68. The highest BCUT2D eigenvalue weighted by atomic mass is 19.1. The first-order valence-electron chi connectivity index (χ1n) is 13.5. The van der Waals surface area contributed by atoms with Crippen LogP contribution in [0.25, 0.3) is 0 Å². The second kappa shape index (κ2) is 8.86. The van der Waals surface area contributed by atoms with Gasteiger partial charge in [-0.3, -0.25) is 14.4 Å². The number of hydrogen-bond donors (Lipinski definition) is 0. The van der Waals surface area contributed by atoms with Crippen LogP contribution in [-0.4, -0.2) is 35.2 Å². The Morgan fingerprint density at radius 2 is 1.66 bits per heavy atom. The van der Waals surface area contributed by atoms with Crippen LogP contribution < -0.4 is 4.90 Å². The van der Waals surface area contributed by atoms with Gasteiger partial charge in [-0.15, -0.1) is 0 Å². The Labute approximate surface area is 206 Å². The molecule has 1 aliphatic heterocycles. The van der Waals surface area contributed by atoms with Gasteiger partial charge in [0, 0.05) is 6.54 Å². The molecule has 1 saturated heterocycles. The molecule has 1 aromatic carbocycles. The van der Waals surface area contributed by atoms with E-state index in [2.05, 4.69) is 6.08 Å². The number of hydrogen-bond acceptors (Lipinski definition) is 3. The third kappa shape index (κ3) is 4.13. The van der Waals surface area contributed by atoms with E-state index in [0.717, 1.165) is 43.4 Å². The summed E-state index contributed by atoms with van der Waals surface area (Å²) in [5.74, 6) is 0.923. The van der Waals surface area contributed by atoms with Crippen molar-refractivity contribution in [2.45, 2.75) is 83.1 Å². The number of allylic oxidation sites excluding steroid dienone is 1. The number of rotatable bonds is 6. The van der Waals surface area contributed by atoms with Crippen molar-refractivity contribution in [2.75, 3.05) is 11.4 Å².